The lowest BCUT2D eigenvalue weighted by Crippen LogP contribution is -2.60. The Hall–Kier alpha value is -2.91. The van der Waals surface area contributed by atoms with Crippen molar-refractivity contribution in [2.24, 2.45) is 22.7 Å². The van der Waals surface area contributed by atoms with Gasteiger partial charge in [0.15, 0.2) is 11.5 Å². The fourth-order valence-electron chi connectivity index (χ4n) is 7.22. The van der Waals surface area contributed by atoms with Crippen molar-refractivity contribution in [3.8, 4) is 11.5 Å². The molecular weight excluding hydrogens is 442 g/mol. The highest BCUT2D eigenvalue weighted by Gasteiger charge is 2.75. The number of phenolic OH excluding ortho intramolecular Hbond substituents is 2. The van der Waals surface area contributed by atoms with E-state index in [4.69, 9.17) is 4.74 Å². The van der Waals surface area contributed by atoms with E-state index < -0.39 is 45.9 Å². The summed E-state index contributed by atoms with van der Waals surface area (Å²) in [6, 6.07) is 2.36. The Morgan fingerprint density at radius 3 is 2.68 bits per heavy atom. The van der Waals surface area contributed by atoms with Gasteiger partial charge in [0.1, 0.15) is 17.0 Å². The van der Waals surface area contributed by atoms with Crippen LogP contribution in [0.2, 0.25) is 0 Å². The van der Waals surface area contributed by atoms with Crippen LogP contribution in [-0.4, -0.2) is 57.9 Å². The molecule has 5 aliphatic rings. The molecule has 2 saturated carbocycles. The van der Waals surface area contributed by atoms with Gasteiger partial charge < -0.3 is 30.1 Å². The molecule has 6 rings (SSSR count). The largest absolute Gasteiger partial charge is 0.506 e. The van der Waals surface area contributed by atoms with Gasteiger partial charge in [0.05, 0.1) is 24.9 Å². The standard InChI is InChI=1S/C25H29NO8/c1-23(8-7-17(29)26-18-14(27)5-4-12(19(18)30)22(32)33-3)16(28)6-9-25-11-24(2)13(21(25)31)10-15(34-24)20(23)25/h4-6,9,13,15,20-21,27,30-31H,7-8,10-11H2,1-3H3,(H,26,29)/t13-,15+,20+,21-,23-,24+,25+/m1/s1. The number of anilines is 1. The molecule has 0 radical (unpaired) electrons. The molecule has 3 aliphatic carbocycles. The van der Waals surface area contributed by atoms with Gasteiger partial charge in [-0.2, -0.15) is 0 Å². The first kappa shape index (κ1) is 22.9. The monoisotopic (exact) mass is 471 g/mol. The highest BCUT2D eigenvalue weighted by atomic mass is 16.5. The molecule has 0 unspecified atom stereocenters. The number of phenols is 2. The number of nitrogens with one attached hydrogen (secondary N) is 1. The zero-order valence-electron chi connectivity index (χ0n) is 19.3. The average molecular weight is 472 g/mol. The molecule has 7 atom stereocenters. The van der Waals surface area contributed by atoms with Crippen LogP contribution >= 0.6 is 0 Å². The third-order valence-corrected chi connectivity index (χ3v) is 8.72. The van der Waals surface area contributed by atoms with Crippen LogP contribution in [-0.2, 0) is 19.1 Å². The van der Waals surface area contributed by atoms with Crippen LogP contribution in [0.1, 0.15) is 49.9 Å². The van der Waals surface area contributed by atoms with Crippen LogP contribution in [0.25, 0.3) is 0 Å². The highest BCUT2D eigenvalue weighted by Crippen LogP contribution is 2.71. The lowest BCUT2D eigenvalue weighted by Gasteiger charge is -2.56. The normalized spacial score (nSPS) is 39.2. The summed E-state index contributed by atoms with van der Waals surface area (Å²) in [7, 11) is 1.15. The molecule has 2 saturated heterocycles. The maximum atomic E-state index is 13.1. The Balaban J connectivity index is 1.37. The smallest absolute Gasteiger partial charge is 0.341 e. The second-order valence-corrected chi connectivity index (χ2v) is 10.5. The number of ether oxygens (including phenoxy) is 2. The summed E-state index contributed by atoms with van der Waals surface area (Å²) in [6.07, 6.45) is 4.09. The number of esters is 1. The number of aliphatic hydroxyl groups is 1. The Morgan fingerprint density at radius 2 is 2.00 bits per heavy atom. The first-order valence-corrected chi connectivity index (χ1v) is 11.5. The number of ketones is 1. The summed E-state index contributed by atoms with van der Waals surface area (Å²) in [4.78, 5) is 37.8. The second kappa shape index (κ2) is 7.29. The van der Waals surface area contributed by atoms with E-state index in [1.54, 1.807) is 6.08 Å². The summed E-state index contributed by atoms with van der Waals surface area (Å²) in [5, 5.41) is 34.1. The van der Waals surface area contributed by atoms with Crippen molar-refractivity contribution < 1.29 is 39.2 Å². The predicted octanol–water partition coefficient (Wildman–Crippen LogP) is 2.29. The SMILES string of the molecule is COC(=O)c1ccc(O)c(NC(=O)CC[C@]2(C)C(=O)C=C[C@@]34C[C@]5(C)O[C@@H](C[C@@H]5[C@H]3O)[C@H]42)c1O. The van der Waals surface area contributed by atoms with Gasteiger partial charge >= 0.3 is 5.97 Å². The number of carbonyl (C=O) groups is 3. The van der Waals surface area contributed by atoms with E-state index in [1.807, 2.05) is 19.9 Å². The van der Waals surface area contributed by atoms with Crippen molar-refractivity contribution in [3.63, 3.8) is 0 Å². The molecule has 4 fully saturated rings. The van der Waals surface area contributed by atoms with Gasteiger partial charge in [-0.25, -0.2) is 4.79 Å². The first-order chi connectivity index (χ1) is 16.0. The Morgan fingerprint density at radius 1 is 1.26 bits per heavy atom. The zero-order chi connectivity index (χ0) is 24.6. The molecule has 182 valence electrons. The van der Waals surface area contributed by atoms with Crippen LogP contribution in [0.5, 0.6) is 11.5 Å². The van der Waals surface area contributed by atoms with Crippen LogP contribution in [0.4, 0.5) is 5.69 Å². The summed E-state index contributed by atoms with van der Waals surface area (Å²) >= 11 is 0. The Kier molecular flexibility index (Phi) is 4.90. The molecule has 9 heteroatoms. The Labute approximate surface area is 196 Å². The van der Waals surface area contributed by atoms with Crippen molar-refractivity contribution in [2.45, 2.75) is 57.3 Å². The molecule has 2 heterocycles. The molecule has 1 aromatic rings. The summed E-state index contributed by atoms with van der Waals surface area (Å²) < 4.78 is 10.9. The number of hydrogen-bond acceptors (Lipinski definition) is 8. The van der Waals surface area contributed by atoms with Crippen molar-refractivity contribution in [3.05, 3.63) is 29.8 Å². The van der Waals surface area contributed by atoms with Gasteiger partial charge in [-0.15, -0.1) is 0 Å². The van der Waals surface area contributed by atoms with E-state index in [9.17, 15) is 29.7 Å². The quantitative estimate of drug-likeness (QED) is 0.378. The van der Waals surface area contributed by atoms with Crippen LogP contribution < -0.4 is 5.32 Å². The second-order valence-electron chi connectivity index (χ2n) is 10.5. The fourth-order valence-corrected chi connectivity index (χ4v) is 7.22. The minimum atomic E-state index is -0.924. The average Bonchev–Trinajstić information content (AvgIpc) is 3.14. The number of hydrogen-bond donors (Lipinski definition) is 4. The van der Waals surface area contributed by atoms with Gasteiger partial charge in [0.25, 0.3) is 0 Å². The molecular formula is C25H29NO8. The molecule has 1 spiro atoms. The van der Waals surface area contributed by atoms with Crippen LogP contribution in [0.15, 0.2) is 24.3 Å². The van der Waals surface area contributed by atoms with E-state index >= 15 is 0 Å². The van der Waals surface area contributed by atoms with Crippen molar-refractivity contribution >= 4 is 23.3 Å². The van der Waals surface area contributed by atoms with E-state index in [1.165, 1.54) is 12.1 Å². The number of amides is 1. The fraction of sp³-hybridized carbons (Fsp3) is 0.560. The first-order valence-electron chi connectivity index (χ1n) is 11.5. The maximum absolute atomic E-state index is 13.1. The van der Waals surface area contributed by atoms with Gasteiger partial charge in [0.2, 0.25) is 5.91 Å². The van der Waals surface area contributed by atoms with E-state index in [-0.39, 0.29) is 47.8 Å². The number of aliphatic hydroxyl groups excluding tert-OH is 1. The highest BCUT2D eigenvalue weighted by molar-refractivity contribution is 6.01. The van der Waals surface area contributed by atoms with E-state index in [0.717, 1.165) is 7.11 Å². The minimum Gasteiger partial charge on any atom is -0.506 e. The Bertz CT molecular complexity index is 1130. The van der Waals surface area contributed by atoms with Crippen molar-refractivity contribution in [2.75, 3.05) is 12.4 Å². The van der Waals surface area contributed by atoms with Crippen LogP contribution in [0.3, 0.4) is 0 Å². The summed E-state index contributed by atoms with van der Waals surface area (Å²) in [6.45, 7) is 3.86. The molecule has 1 aromatic carbocycles. The lowest BCUT2D eigenvalue weighted by atomic mass is 9.50. The number of rotatable bonds is 5. The zero-order valence-corrected chi connectivity index (χ0v) is 19.3. The number of carbonyl (C=O) groups excluding carboxylic acids is 3. The number of aromatic hydroxyl groups is 2. The van der Waals surface area contributed by atoms with Gasteiger partial charge in [0, 0.05) is 29.1 Å². The predicted molar refractivity (Wildman–Crippen MR) is 119 cm³/mol. The number of allylic oxidation sites excluding steroid dienone is 1. The van der Waals surface area contributed by atoms with Gasteiger partial charge in [-0.1, -0.05) is 13.0 Å². The van der Waals surface area contributed by atoms with Crippen molar-refractivity contribution in [1.82, 2.24) is 0 Å². The topological polar surface area (TPSA) is 142 Å². The van der Waals surface area contributed by atoms with Crippen LogP contribution in [0, 0.1) is 22.7 Å². The van der Waals surface area contributed by atoms with Gasteiger partial charge in [-0.3, -0.25) is 9.59 Å². The van der Waals surface area contributed by atoms with E-state index in [2.05, 4.69) is 10.1 Å². The molecule has 9 nitrogen and oxygen atoms in total. The maximum Gasteiger partial charge on any atom is 0.341 e. The molecule has 4 N–H and O–H groups in total. The molecule has 1 amide bonds. The molecule has 4 bridgehead atoms. The molecule has 2 aliphatic heterocycles. The van der Waals surface area contributed by atoms with Crippen molar-refractivity contribution in [1.29, 1.82) is 0 Å². The number of benzene rings is 1. The van der Waals surface area contributed by atoms with Gasteiger partial charge in [-0.05, 0) is 44.4 Å². The van der Waals surface area contributed by atoms with E-state index in [0.29, 0.717) is 12.8 Å². The third-order valence-electron chi connectivity index (χ3n) is 8.72. The minimum absolute atomic E-state index is 0.0344. The third kappa shape index (κ3) is 2.89. The summed E-state index contributed by atoms with van der Waals surface area (Å²) in [5.74, 6) is -2.69. The molecule has 0 aromatic heterocycles. The molecule has 34 heavy (non-hydrogen) atoms. The lowest BCUT2D eigenvalue weighted by molar-refractivity contribution is -0.179. The number of methoxy groups -OCH3 is 1. The summed E-state index contributed by atoms with van der Waals surface area (Å²) in [5.41, 5.74) is -2.37.